The van der Waals surface area contributed by atoms with E-state index in [9.17, 15) is 4.79 Å². The number of carbonyl (C=O) groups is 1. The minimum atomic E-state index is -0.131. The fraction of sp³-hybridized carbons (Fsp3) is 0.588. The number of aryl methyl sites for hydroxylation is 3. The van der Waals surface area contributed by atoms with Crippen molar-refractivity contribution in [2.45, 2.75) is 59.0 Å². The number of hydrogen-bond donors (Lipinski definition) is 2. The van der Waals surface area contributed by atoms with Crippen molar-refractivity contribution in [3.8, 4) is 0 Å². The number of hydrogen-bond acceptors (Lipinski definition) is 2. The maximum atomic E-state index is 11.2. The Labute approximate surface area is 121 Å². The van der Waals surface area contributed by atoms with E-state index in [0.29, 0.717) is 6.04 Å². The number of carbonyl (C=O) groups excluding carboxylic acids is 1. The summed E-state index contributed by atoms with van der Waals surface area (Å²) in [6.07, 6.45) is 3.97. The zero-order valence-electron chi connectivity index (χ0n) is 12.8. The molecular weight excluding hydrogens is 248 g/mol. The molecule has 3 N–H and O–H groups in total. The maximum absolute atomic E-state index is 11.2. The maximum Gasteiger partial charge on any atom is 0.220 e. The largest absolute Gasteiger partial charge is 0.369 e. The first kappa shape index (κ1) is 15.0. The molecule has 0 radical (unpaired) electrons. The second-order valence-corrected chi connectivity index (χ2v) is 6.21. The molecule has 20 heavy (non-hydrogen) atoms. The third kappa shape index (κ3) is 3.60. The first-order chi connectivity index (χ1) is 9.47. The Hall–Kier alpha value is -1.35. The average molecular weight is 274 g/mol. The molecule has 3 heteroatoms. The van der Waals surface area contributed by atoms with Gasteiger partial charge in [0.15, 0.2) is 0 Å². The van der Waals surface area contributed by atoms with Gasteiger partial charge in [-0.05, 0) is 63.1 Å². The molecule has 0 atom stereocenters. The Morgan fingerprint density at radius 2 is 1.70 bits per heavy atom. The van der Waals surface area contributed by atoms with Crippen molar-refractivity contribution < 1.29 is 4.79 Å². The minimum Gasteiger partial charge on any atom is -0.369 e. The first-order valence-electron chi connectivity index (χ1n) is 7.56. The second-order valence-electron chi connectivity index (χ2n) is 6.21. The van der Waals surface area contributed by atoms with E-state index in [1.165, 1.54) is 22.3 Å². The predicted molar refractivity (Wildman–Crippen MR) is 82.4 cm³/mol. The van der Waals surface area contributed by atoms with Crippen molar-refractivity contribution in [3.05, 3.63) is 34.4 Å². The molecule has 3 nitrogen and oxygen atoms in total. The lowest BCUT2D eigenvalue weighted by Gasteiger charge is -2.28. The summed E-state index contributed by atoms with van der Waals surface area (Å²) in [7, 11) is 0. The molecule has 1 aromatic carbocycles. The normalized spacial score (nSPS) is 22.8. The van der Waals surface area contributed by atoms with E-state index in [0.717, 1.165) is 32.2 Å². The van der Waals surface area contributed by atoms with E-state index in [-0.39, 0.29) is 11.8 Å². The van der Waals surface area contributed by atoms with Crippen LogP contribution in [0.3, 0.4) is 0 Å². The van der Waals surface area contributed by atoms with Crippen LogP contribution >= 0.6 is 0 Å². The van der Waals surface area contributed by atoms with Gasteiger partial charge in [-0.3, -0.25) is 4.79 Å². The van der Waals surface area contributed by atoms with Gasteiger partial charge in [0.1, 0.15) is 0 Å². The number of rotatable bonds is 4. The summed E-state index contributed by atoms with van der Waals surface area (Å²) in [6.45, 7) is 7.42. The van der Waals surface area contributed by atoms with E-state index in [2.05, 4.69) is 38.2 Å². The molecule has 0 saturated heterocycles. The van der Waals surface area contributed by atoms with Gasteiger partial charge < -0.3 is 11.1 Å². The van der Waals surface area contributed by atoms with Gasteiger partial charge in [-0.25, -0.2) is 0 Å². The van der Waals surface area contributed by atoms with Crippen LogP contribution in [-0.2, 0) is 11.3 Å². The molecule has 0 aliphatic heterocycles. The monoisotopic (exact) mass is 274 g/mol. The SMILES string of the molecule is Cc1cc(C)c(CNC2CCC(C(N)=O)CC2)c(C)c1. The molecule has 1 aliphatic rings. The molecule has 0 spiro atoms. The zero-order valence-corrected chi connectivity index (χ0v) is 12.8. The summed E-state index contributed by atoms with van der Waals surface area (Å²) in [5.74, 6) is -0.0374. The van der Waals surface area contributed by atoms with Crippen LogP contribution in [0.25, 0.3) is 0 Å². The lowest BCUT2D eigenvalue weighted by Crippen LogP contribution is -2.36. The van der Waals surface area contributed by atoms with Crippen molar-refractivity contribution in [3.63, 3.8) is 0 Å². The zero-order chi connectivity index (χ0) is 14.7. The molecule has 0 aromatic heterocycles. The third-order valence-corrected chi connectivity index (χ3v) is 4.54. The highest BCUT2D eigenvalue weighted by atomic mass is 16.1. The molecule has 0 bridgehead atoms. The lowest BCUT2D eigenvalue weighted by molar-refractivity contribution is -0.122. The lowest BCUT2D eigenvalue weighted by atomic mass is 9.85. The van der Waals surface area contributed by atoms with Crippen molar-refractivity contribution in [1.29, 1.82) is 0 Å². The summed E-state index contributed by atoms with van der Waals surface area (Å²) in [4.78, 5) is 11.2. The Morgan fingerprint density at radius 3 is 2.20 bits per heavy atom. The summed E-state index contributed by atoms with van der Waals surface area (Å²) < 4.78 is 0. The minimum absolute atomic E-state index is 0.0934. The quantitative estimate of drug-likeness (QED) is 0.887. The molecule has 0 heterocycles. The fourth-order valence-electron chi connectivity index (χ4n) is 3.32. The molecule has 2 rings (SSSR count). The number of nitrogens with two attached hydrogens (primary N) is 1. The van der Waals surface area contributed by atoms with Gasteiger partial charge in [0.25, 0.3) is 0 Å². The summed E-state index contributed by atoms with van der Waals surface area (Å²) >= 11 is 0. The van der Waals surface area contributed by atoms with Crippen LogP contribution in [-0.4, -0.2) is 11.9 Å². The van der Waals surface area contributed by atoms with Crippen molar-refractivity contribution >= 4 is 5.91 Å². The van der Waals surface area contributed by atoms with Crippen LogP contribution in [0.2, 0.25) is 0 Å². The van der Waals surface area contributed by atoms with Gasteiger partial charge in [0.2, 0.25) is 5.91 Å². The number of nitrogens with one attached hydrogen (secondary N) is 1. The van der Waals surface area contributed by atoms with Gasteiger partial charge in [-0.2, -0.15) is 0 Å². The van der Waals surface area contributed by atoms with Crippen LogP contribution in [0.1, 0.15) is 47.9 Å². The summed E-state index contributed by atoms with van der Waals surface area (Å²) in [5.41, 5.74) is 10.8. The van der Waals surface area contributed by atoms with E-state index in [1.807, 2.05) is 0 Å². The Kier molecular flexibility index (Phi) is 4.81. The van der Waals surface area contributed by atoms with Crippen LogP contribution in [0.4, 0.5) is 0 Å². The summed E-state index contributed by atoms with van der Waals surface area (Å²) in [5, 5.41) is 3.65. The van der Waals surface area contributed by atoms with Crippen molar-refractivity contribution in [2.75, 3.05) is 0 Å². The third-order valence-electron chi connectivity index (χ3n) is 4.54. The van der Waals surface area contributed by atoms with E-state index >= 15 is 0 Å². The van der Waals surface area contributed by atoms with E-state index < -0.39 is 0 Å². The topological polar surface area (TPSA) is 55.1 Å². The molecule has 1 aliphatic carbocycles. The van der Waals surface area contributed by atoms with Gasteiger partial charge in [0.05, 0.1) is 0 Å². The molecule has 110 valence electrons. The molecular formula is C17H26N2O. The van der Waals surface area contributed by atoms with Crippen LogP contribution in [0.5, 0.6) is 0 Å². The standard InChI is InChI=1S/C17H26N2O/c1-11-8-12(2)16(13(3)9-11)10-19-15-6-4-14(5-7-15)17(18)20/h8-9,14-15,19H,4-7,10H2,1-3H3,(H2,18,20). The Bertz CT molecular complexity index is 465. The molecule has 1 amide bonds. The fourth-order valence-corrected chi connectivity index (χ4v) is 3.32. The highest BCUT2D eigenvalue weighted by molar-refractivity contribution is 5.76. The highest BCUT2D eigenvalue weighted by Gasteiger charge is 2.24. The van der Waals surface area contributed by atoms with Gasteiger partial charge >= 0.3 is 0 Å². The van der Waals surface area contributed by atoms with Crippen LogP contribution in [0.15, 0.2) is 12.1 Å². The van der Waals surface area contributed by atoms with Gasteiger partial charge in [0, 0.05) is 18.5 Å². The number of benzene rings is 1. The molecule has 0 unspecified atom stereocenters. The van der Waals surface area contributed by atoms with Crippen LogP contribution in [0, 0.1) is 26.7 Å². The number of amides is 1. The predicted octanol–water partition coefficient (Wildman–Crippen LogP) is 2.75. The first-order valence-corrected chi connectivity index (χ1v) is 7.56. The van der Waals surface area contributed by atoms with Crippen LogP contribution < -0.4 is 11.1 Å². The number of primary amides is 1. The Morgan fingerprint density at radius 1 is 1.15 bits per heavy atom. The summed E-state index contributed by atoms with van der Waals surface area (Å²) in [6, 6.07) is 5.01. The van der Waals surface area contributed by atoms with E-state index in [1.54, 1.807) is 0 Å². The smallest absolute Gasteiger partial charge is 0.220 e. The average Bonchev–Trinajstić information content (AvgIpc) is 2.38. The molecule has 1 saturated carbocycles. The molecule has 1 aromatic rings. The van der Waals surface area contributed by atoms with Gasteiger partial charge in [-0.1, -0.05) is 17.7 Å². The second kappa shape index (κ2) is 6.40. The van der Waals surface area contributed by atoms with Crippen molar-refractivity contribution in [2.24, 2.45) is 11.7 Å². The highest BCUT2D eigenvalue weighted by Crippen LogP contribution is 2.24. The Balaban J connectivity index is 1.89. The van der Waals surface area contributed by atoms with Crippen molar-refractivity contribution in [1.82, 2.24) is 5.32 Å². The molecule has 1 fully saturated rings. The van der Waals surface area contributed by atoms with E-state index in [4.69, 9.17) is 5.73 Å². The van der Waals surface area contributed by atoms with Gasteiger partial charge in [-0.15, -0.1) is 0 Å².